The number of hydrogen-bond donors (Lipinski definition) is 0. The summed E-state index contributed by atoms with van der Waals surface area (Å²) in [4.78, 5) is 28.8. The van der Waals surface area contributed by atoms with Crippen molar-refractivity contribution in [2.45, 2.75) is 6.54 Å². The van der Waals surface area contributed by atoms with Crippen molar-refractivity contribution in [1.29, 1.82) is 0 Å². The van der Waals surface area contributed by atoms with E-state index in [4.69, 9.17) is 0 Å². The van der Waals surface area contributed by atoms with Gasteiger partial charge in [-0.05, 0) is 11.6 Å². The number of benzene rings is 1. The maximum atomic E-state index is 12.6. The highest BCUT2D eigenvalue weighted by molar-refractivity contribution is 6.05. The van der Waals surface area contributed by atoms with Crippen LogP contribution in [0.2, 0.25) is 0 Å². The number of rotatable bonds is 2. The maximum Gasteiger partial charge on any atom is 0.352 e. The van der Waals surface area contributed by atoms with Crippen molar-refractivity contribution in [3.05, 3.63) is 87.1 Å². The van der Waals surface area contributed by atoms with Crippen molar-refractivity contribution in [1.82, 2.24) is 14.1 Å². The van der Waals surface area contributed by atoms with E-state index in [9.17, 15) is 9.59 Å². The number of aromatic nitrogens is 3. The summed E-state index contributed by atoms with van der Waals surface area (Å²) in [6, 6.07) is 19.5. The van der Waals surface area contributed by atoms with Crippen LogP contribution >= 0.6 is 0 Å². The van der Waals surface area contributed by atoms with Gasteiger partial charge in [0.25, 0.3) is 5.56 Å². The molecule has 0 aliphatic carbocycles. The fourth-order valence-electron chi connectivity index (χ4n) is 3.03. The predicted octanol–water partition coefficient (Wildman–Crippen LogP) is 2.30. The minimum atomic E-state index is -0.533. The van der Waals surface area contributed by atoms with Crippen molar-refractivity contribution in [2.24, 2.45) is 7.05 Å². The Bertz CT molecular complexity index is 1170. The number of nitrogens with zero attached hydrogens (tertiary/aromatic N) is 3. The van der Waals surface area contributed by atoms with Gasteiger partial charge in [-0.1, -0.05) is 54.6 Å². The molecule has 2 aromatic carbocycles. The highest BCUT2D eigenvalue weighted by Crippen LogP contribution is 2.24. The third-order valence-electron chi connectivity index (χ3n) is 4.25. The molecule has 0 aliphatic rings. The van der Waals surface area contributed by atoms with Crippen LogP contribution in [0.25, 0.3) is 21.9 Å². The van der Waals surface area contributed by atoms with Gasteiger partial charge in [0, 0.05) is 19.0 Å². The largest absolute Gasteiger partial charge is 0.352 e. The Kier molecular flexibility index (Phi) is 3.27. The van der Waals surface area contributed by atoms with Gasteiger partial charge in [0.15, 0.2) is 5.65 Å². The van der Waals surface area contributed by atoms with Crippen molar-refractivity contribution >= 4 is 21.9 Å². The van der Waals surface area contributed by atoms with Crippen LogP contribution < -0.4 is 11.2 Å². The molecule has 0 bridgehead atoms. The molecular formula is C19H15N3O2. The third kappa shape index (κ3) is 2.13. The summed E-state index contributed by atoms with van der Waals surface area (Å²) in [7, 11) is 1.46. The highest BCUT2D eigenvalue weighted by atomic mass is 16.2. The van der Waals surface area contributed by atoms with Gasteiger partial charge >= 0.3 is 5.69 Å². The zero-order chi connectivity index (χ0) is 16.7. The van der Waals surface area contributed by atoms with E-state index in [1.165, 1.54) is 7.05 Å². The molecule has 4 rings (SSSR count). The molecule has 24 heavy (non-hydrogen) atoms. The fraction of sp³-hybridized carbons (Fsp3) is 0.105. The van der Waals surface area contributed by atoms with Gasteiger partial charge in [-0.25, -0.2) is 4.79 Å². The van der Waals surface area contributed by atoms with Crippen molar-refractivity contribution in [2.75, 3.05) is 0 Å². The Morgan fingerprint density at radius 1 is 0.917 bits per heavy atom. The van der Waals surface area contributed by atoms with Crippen LogP contribution in [0.3, 0.4) is 0 Å². The van der Waals surface area contributed by atoms with Crippen LogP contribution in [-0.4, -0.2) is 14.1 Å². The second kappa shape index (κ2) is 5.45. The minimum absolute atomic E-state index is 0.312. The average Bonchev–Trinajstić information content (AvgIpc) is 2.75. The molecule has 118 valence electrons. The Hall–Kier alpha value is -3.21. The van der Waals surface area contributed by atoms with Gasteiger partial charge in [0.1, 0.15) is 0 Å². The van der Waals surface area contributed by atoms with E-state index in [1.807, 2.05) is 65.2 Å². The first-order chi connectivity index (χ1) is 11.7. The standard InChI is InChI=1S/C19H15N3O2/c1-21-18(23)16-14-10-6-3-7-11-15(14)22(17(16)20-19(21)24)12-13-8-4-2-5-9-13/h2-11H,12H2,1H3. The SMILES string of the molecule is Cn1c(=O)nc2c(c1=O)c1cccccc1n2Cc1ccccc1. The molecule has 5 heteroatoms. The Balaban J connectivity index is 2.16. The normalized spacial score (nSPS) is 11.2. The molecule has 2 aromatic heterocycles. The quantitative estimate of drug-likeness (QED) is 0.570. The molecule has 0 radical (unpaired) electrons. The molecule has 0 N–H and O–H groups in total. The van der Waals surface area contributed by atoms with Crippen molar-refractivity contribution in [3.63, 3.8) is 0 Å². The van der Waals surface area contributed by atoms with Crippen LogP contribution in [0.5, 0.6) is 0 Å². The third-order valence-corrected chi connectivity index (χ3v) is 4.25. The van der Waals surface area contributed by atoms with Crippen LogP contribution in [-0.2, 0) is 13.6 Å². The van der Waals surface area contributed by atoms with Gasteiger partial charge in [-0.2, -0.15) is 4.98 Å². The molecule has 0 fully saturated rings. The van der Waals surface area contributed by atoms with Crippen molar-refractivity contribution < 1.29 is 0 Å². The lowest BCUT2D eigenvalue weighted by Crippen LogP contribution is -2.32. The lowest BCUT2D eigenvalue weighted by molar-refractivity contribution is 0.776. The van der Waals surface area contributed by atoms with E-state index < -0.39 is 5.69 Å². The van der Waals surface area contributed by atoms with Gasteiger partial charge in [0.2, 0.25) is 0 Å². The first-order valence-corrected chi connectivity index (χ1v) is 7.69. The second-order valence-electron chi connectivity index (χ2n) is 5.74. The summed E-state index contributed by atoms with van der Waals surface area (Å²) in [6.07, 6.45) is 0. The lowest BCUT2D eigenvalue weighted by atomic mass is 10.2. The Morgan fingerprint density at radius 2 is 1.58 bits per heavy atom. The van der Waals surface area contributed by atoms with E-state index in [0.29, 0.717) is 17.6 Å². The van der Waals surface area contributed by atoms with E-state index in [1.54, 1.807) is 0 Å². The van der Waals surface area contributed by atoms with Gasteiger partial charge in [0.05, 0.1) is 10.9 Å². The number of hydrogen-bond acceptors (Lipinski definition) is 3. The number of fused-ring (bicyclic) bond motifs is 3. The second-order valence-corrected chi connectivity index (χ2v) is 5.74. The molecule has 0 spiro atoms. The summed E-state index contributed by atoms with van der Waals surface area (Å²) in [6.45, 7) is 0.546. The van der Waals surface area contributed by atoms with Gasteiger partial charge in [-0.3, -0.25) is 9.36 Å². The fourth-order valence-corrected chi connectivity index (χ4v) is 3.03. The van der Waals surface area contributed by atoms with Crippen LogP contribution in [0, 0.1) is 0 Å². The van der Waals surface area contributed by atoms with Crippen LogP contribution in [0.1, 0.15) is 5.56 Å². The Labute approximate surface area is 137 Å². The predicted molar refractivity (Wildman–Crippen MR) is 94.3 cm³/mol. The van der Waals surface area contributed by atoms with Crippen LogP contribution in [0.15, 0.2) is 70.3 Å². The zero-order valence-corrected chi connectivity index (χ0v) is 13.1. The van der Waals surface area contributed by atoms with Crippen LogP contribution in [0.4, 0.5) is 0 Å². The molecule has 4 aromatic rings. The van der Waals surface area contributed by atoms with Gasteiger partial charge in [-0.15, -0.1) is 0 Å². The summed E-state index contributed by atoms with van der Waals surface area (Å²) in [5.41, 5.74) is 1.56. The molecule has 2 heterocycles. The highest BCUT2D eigenvalue weighted by Gasteiger charge is 2.16. The Morgan fingerprint density at radius 3 is 2.33 bits per heavy atom. The molecule has 0 saturated carbocycles. The van der Waals surface area contributed by atoms with E-state index in [2.05, 4.69) is 4.98 Å². The van der Waals surface area contributed by atoms with Crippen molar-refractivity contribution in [3.8, 4) is 0 Å². The summed E-state index contributed by atoms with van der Waals surface area (Å²) >= 11 is 0. The molecular weight excluding hydrogens is 302 g/mol. The summed E-state index contributed by atoms with van der Waals surface area (Å²) < 4.78 is 2.99. The maximum absolute atomic E-state index is 12.6. The molecule has 5 nitrogen and oxygen atoms in total. The minimum Gasteiger partial charge on any atom is -0.320 e. The van der Waals surface area contributed by atoms with Gasteiger partial charge < -0.3 is 4.57 Å². The molecule has 0 saturated heterocycles. The smallest absolute Gasteiger partial charge is 0.320 e. The monoisotopic (exact) mass is 317 g/mol. The molecule has 0 atom stereocenters. The average molecular weight is 317 g/mol. The topological polar surface area (TPSA) is 56.9 Å². The molecule has 0 aliphatic heterocycles. The van der Waals surface area contributed by atoms with E-state index in [0.717, 1.165) is 21.0 Å². The zero-order valence-electron chi connectivity index (χ0n) is 13.1. The van der Waals surface area contributed by atoms with E-state index in [-0.39, 0.29) is 5.56 Å². The van der Waals surface area contributed by atoms with E-state index >= 15 is 0 Å². The lowest BCUT2D eigenvalue weighted by Gasteiger charge is -2.06. The first kappa shape index (κ1) is 14.4. The first-order valence-electron chi connectivity index (χ1n) is 7.69. The summed E-state index contributed by atoms with van der Waals surface area (Å²) in [5.74, 6) is 0. The summed E-state index contributed by atoms with van der Waals surface area (Å²) in [5, 5.41) is 1.29. The molecule has 0 amide bonds. The molecule has 0 unspecified atom stereocenters.